The lowest BCUT2D eigenvalue weighted by molar-refractivity contribution is 0.597. The molecule has 0 unspecified atom stereocenters. The Labute approximate surface area is 105 Å². The zero-order chi connectivity index (χ0) is 10.8. The molecule has 0 aromatic heterocycles. The van der Waals surface area contributed by atoms with E-state index >= 15 is 0 Å². The molecule has 7 heteroatoms. The van der Waals surface area contributed by atoms with E-state index in [0.29, 0.717) is 5.69 Å². The Kier molecular flexibility index (Phi) is 5.73. The number of sulfone groups is 1. The van der Waals surface area contributed by atoms with Crippen LogP contribution in [0.4, 0.5) is 5.69 Å². The second-order valence-corrected chi connectivity index (χ2v) is 6.06. The Bertz CT molecular complexity index is 420. The predicted octanol–water partition coefficient (Wildman–Crippen LogP) is 2.27. The molecular formula is C8H10Cl3NO2S. The van der Waals surface area contributed by atoms with Crippen LogP contribution in [-0.2, 0) is 9.84 Å². The fourth-order valence-electron chi connectivity index (χ4n) is 0.970. The SMILES string of the molecule is Cl.Nc1cccc(S(=O)(=O)CC(Cl)Cl)c1. The molecule has 3 nitrogen and oxygen atoms in total. The van der Waals surface area contributed by atoms with Crippen molar-refractivity contribution in [3.63, 3.8) is 0 Å². The highest BCUT2D eigenvalue weighted by atomic mass is 35.5. The highest BCUT2D eigenvalue weighted by Gasteiger charge is 2.18. The quantitative estimate of drug-likeness (QED) is 0.686. The Morgan fingerprint density at radius 3 is 2.40 bits per heavy atom. The van der Waals surface area contributed by atoms with E-state index in [9.17, 15) is 8.42 Å². The van der Waals surface area contributed by atoms with Gasteiger partial charge in [-0.15, -0.1) is 35.6 Å². The Balaban J connectivity index is 0.00000196. The van der Waals surface area contributed by atoms with Crippen molar-refractivity contribution in [1.29, 1.82) is 0 Å². The van der Waals surface area contributed by atoms with Crippen molar-refractivity contribution in [2.24, 2.45) is 0 Å². The monoisotopic (exact) mass is 289 g/mol. The molecule has 0 saturated carbocycles. The zero-order valence-corrected chi connectivity index (χ0v) is 10.7. The molecule has 0 aliphatic rings. The molecule has 0 aliphatic heterocycles. The number of hydrogen-bond acceptors (Lipinski definition) is 3. The standard InChI is InChI=1S/C8H9Cl2NO2S.ClH/c9-8(10)5-14(12,13)7-3-1-2-6(11)4-7;/h1-4,8H,5,11H2;1H. The van der Waals surface area contributed by atoms with E-state index in [2.05, 4.69) is 0 Å². The first kappa shape index (κ1) is 14.8. The van der Waals surface area contributed by atoms with Gasteiger partial charge in [-0.25, -0.2) is 8.42 Å². The lowest BCUT2D eigenvalue weighted by Crippen LogP contribution is -2.12. The number of rotatable bonds is 3. The Morgan fingerprint density at radius 1 is 1.33 bits per heavy atom. The van der Waals surface area contributed by atoms with Gasteiger partial charge in [0.1, 0.15) is 4.84 Å². The second-order valence-electron chi connectivity index (χ2n) is 2.74. The number of anilines is 1. The molecule has 86 valence electrons. The van der Waals surface area contributed by atoms with E-state index in [4.69, 9.17) is 28.9 Å². The van der Waals surface area contributed by atoms with Gasteiger partial charge in [-0.3, -0.25) is 0 Å². The van der Waals surface area contributed by atoms with Gasteiger partial charge >= 0.3 is 0 Å². The zero-order valence-electron chi connectivity index (χ0n) is 7.56. The molecule has 0 heterocycles. The largest absolute Gasteiger partial charge is 0.399 e. The Morgan fingerprint density at radius 2 is 1.93 bits per heavy atom. The third-order valence-corrected chi connectivity index (χ3v) is 3.98. The van der Waals surface area contributed by atoms with Gasteiger partial charge in [0, 0.05) is 5.69 Å². The van der Waals surface area contributed by atoms with E-state index in [1.807, 2.05) is 0 Å². The van der Waals surface area contributed by atoms with E-state index in [1.54, 1.807) is 12.1 Å². The first-order valence-corrected chi connectivity index (χ1v) is 6.31. The van der Waals surface area contributed by atoms with Gasteiger partial charge in [0.15, 0.2) is 9.84 Å². The summed E-state index contributed by atoms with van der Waals surface area (Å²) in [5, 5.41) is 0. The summed E-state index contributed by atoms with van der Waals surface area (Å²) in [6, 6.07) is 6.02. The van der Waals surface area contributed by atoms with Crippen LogP contribution in [0.3, 0.4) is 0 Å². The van der Waals surface area contributed by atoms with Crippen LogP contribution in [0.1, 0.15) is 0 Å². The molecule has 1 aromatic rings. The Hall–Kier alpha value is -0.160. The predicted molar refractivity (Wildman–Crippen MR) is 65.6 cm³/mol. The van der Waals surface area contributed by atoms with Gasteiger partial charge in [0.25, 0.3) is 0 Å². The molecule has 1 aromatic carbocycles. The van der Waals surface area contributed by atoms with Crippen LogP contribution < -0.4 is 5.73 Å². The molecule has 2 N–H and O–H groups in total. The summed E-state index contributed by atoms with van der Waals surface area (Å²) < 4.78 is 23.1. The highest BCUT2D eigenvalue weighted by molar-refractivity contribution is 7.91. The topological polar surface area (TPSA) is 60.2 Å². The maximum atomic E-state index is 11.6. The van der Waals surface area contributed by atoms with Crippen LogP contribution >= 0.6 is 35.6 Å². The van der Waals surface area contributed by atoms with Crippen LogP contribution in [0.15, 0.2) is 29.2 Å². The van der Waals surface area contributed by atoms with Crippen molar-refractivity contribution in [2.75, 3.05) is 11.5 Å². The lowest BCUT2D eigenvalue weighted by atomic mass is 10.3. The maximum Gasteiger partial charge on any atom is 0.181 e. The smallest absolute Gasteiger partial charge is 0.181 e. The van der Waals surface area contributed by atoms with Gasteiger partial charge < -0.3 is 5.73 Å². The number of halogens is 3. The van der Waals surface area contributed by atoms with Gasteiger partial charge in [-0.1, -0.05) is 6.07 Å². The fourth-order valence-corrected chi connectivity index (χ4v) is 3.09. The maximum absolute atomic E-state index is 11.6. The molecular weight excluding hydrogens is 281 g/mol. The summed E-state index contributed by atoms with van der Waals surface area (Å²) in [6.07, 6.45) is 0. The number of benzene rings is 1. The number of nitrogens with two attached hydrogens (primary N) is 1. The average Bonchev–Trinajstić information content (AvgIpc) is 2.01. The molecule has 0 aliphatic carbocycles. The molecule has 15 heavy (non-hydrogen) atoms. The van der Waals surface area contributed by atoms with Gasteiger partial charge in [-0.05, 0) is 18.2 Å². The van der Waals surface area contributed by atoms with Crippen LogP contribution in [0.25, 0.3) is 0 Å². The summed E-state index contributed by atoms with van der Waals surface area (Å²) in [6.45, 7) is 0. The van der Waals surface area contributed by atoms with Crippen LogP contribution in [-0.4, -0.2) is 19.0 Å². The normalized spacial score (nSPS) is 11.1. The van der Waals surface area contributed by atoms with E-state index in [1.165, 1.54) is 12.1 Å². The summed E-state index contributed by atoms with van der Waals surface area (Å²) >= 11 is 10.8. The summed E-state index contributed by atoms with van der Waals surface area (Å²) in [4.78, 5) is -0.787. The summed E-state index contributed by atoms with van der Waals surface area (Å²) in [5.74, 6) is -0.306. The minimum Gasteiger partial charge on any atom is -0.399 e. The summed E-state index contributed by atoms with van der Waals surface area (Å²) in [7, 11) is -3.43. The average molecular weight is 291 g/mol. The number of hydrogen-bond donors (Lipinski definition) is 1. The minimum absolute atomic E-state index is 0. The third-order valence-electron chi connectivity index (χ3n) is 1.56. The fraction of sp³-hybridized carbons (Fsp3) is 0.250. The van der Waals surface area contributed by atoms with E-state index in [-0.39, 0.29) is 23.1 Å². The summed E-state index contributed by atoms with van der Waals surface area (Å²) in [5.41, 5.74) is 5.85. The van der Waals surface area contributed by atoms with E-state index in [0.717, 1.165) is 0 Å². The van der Waals surface area contributed by atoms with Crippen LogP contribution in [0.2, 0.25) is 0 Å². The molecule has 0 saturated heterocycles. The van der Waals surface area contributed by atoms with Crippen molar-refractivity contribution in [1.82, 2.24) is 0 Å². The van der Waals surface area contributed by atoms with Gasteiger partial charge in [0.2, 0.25) is 0 Å². The molecule has 0 atom stereocenters. The highest BCUT2D eigenvalue weighted by Crippen LogP contribution is 2.17. The molecule has 0 amide bonds. The van der Waals surface area contributed by atoms with Crippen LogP contribution in [0, 0.1) is 0 Å². The third kappa shape index (κ3) is 4.47. The number of nitrogen functional groups attached to an aromatic ring is 1. The van der Waals surface area contributed by atoms with Crippen molar-refractivity contribution in [2.45, 2.75) is 9.73 Å². The van der Waals surface area contributed by atoms with Crippen molar-refractivity contribution >= 4 is 51.1 Å². The molecule has 0 spiro atoms. The van der Waals surface area contributed by atoms with Crippen molar-refractivity contribution < 1.29 is 8.42 Å². The first-order chi connectivity index (χ1) is 6.42. The van der Waals surface area contributed by atoms with Gasteiger partial charge in [0.05, 0.1) is 10.6 Å². The van der Waals surface area contributed by atoms with Crippen molar-refractivity contribution in [3.8, 4) is 0 Å². The second kappa shape index (κ2) is 5.80. The minimum atomic E-state index is -3.43. The molecule has 0 bridgehead atoms. The lowest BCUT2D eigenvalue weighted by Gasteiger charge is -2.05. The first-order valence-electron chi connectivity index (χ1n) is 3.78. The molecule has 1 rings (SSSR count). The molecule has 0 radical (unpaired) electrons. The van der Waals surface area contributed by atoms with Gasteiger partial charge in [-0.2, -0.15) is 0 Å². The van der Waals surface area contributed by atoms with Crippen molar-refractivity contribution in [3.05, 3.63) is 24.3 Å². The van der Waals surface area contributed by atoms with E-state index < -0.39 is 14.7 Å². The van der Waals surface area contributed by atoms with Crippen LogP contribution in [0.5, 0.6) is 0 Å². The molecule has 0 fully saturated rings. The number of alkyl halides is 2.